The standard InChI is InChI=1S/C26H22F6N2O5S/c1-12(2)14-4-7-16(8-5-14)38-17-9-6-15(10-18(17)39-26(30,31)32)21-13(3)20-22(36)33-24(37)34(23(20)40-21)11-19(35)25(27,28)29/h4-10,12,19,35H,11H2,1-3H3,(H,33,36,37)/t19-/m1/s1. The van der Waals surface area contributed by atoms with Gasteiger partial charge in [-0.05, 0) is 59.9 Å². The van der Waals surface area contributed by atoms with Crippen LogP contribution in [0.1, 0.15) is 30.9 Å². The van der Waals surface area contributed by atoms with Gasteiger partial charge in [-0.25, -0.2) is 4.79 Å². The van der Waals surface area contributed by atoms with E-state index in [1.165, 1.54) is 19.1 Å². The van der Waals surface area contributed by atoms with E-state index in [2.05, 4.69) is 4.74 Å². The van der Waals surface area contributed by atoms with Gasteiger partial charge in [0, 0.05) is 4.88 Å². The van der Waals surface area contributed by atoms with E-state index >= 15 is 0 Å². The molecule has 40 heavy (non-hydrogen) atoms. The van der Waals surface area contributed by atoms with Crippen molar-refractivity contribution >= 4 is 21.6 Å². The molecule has 0 saturated heterocycles. The van der Waals surface area contributed by atoms with Crippen LogP contribution in [0.2, 0.25) is 0 Å². The van der Waals surface area contributed by atoms with E-state index in [1.807, 2.05) is 18.8 Å². The molecule has 0 aliphatic rings. The van der Waals surface area contributed by atoms with Crippen molar-refractivity contribution in [3.8, 4) is 27.7 Å². The van der Waals surface area contributed by atoms with Gasteiger partial charge in [0.25, 0.3) is 5.56 Å². The van der Waals surface area contributed by atoms with E-state index in [9.17, 15) is 41.0 Å². The molecule has 214 valence electrons. The molecule has 4 aromatic rings. The van der Waals surface area contributed by atoms with E-state index in [0.717, 1.165) is 11.6 Å². The molecule has 0 saturated carbocycles. The van der Waals surface area contributed by atoms with Crippen molar-refractivity contribution in [2.75, 3.05) is 0 Å². The number of aromatic amines is 1. The Morgan fingerprint density at radius 2 is 1.65 bits per heavy atom. The summed E-state index contributed by atoms with van der Waals surface area (Å²) < 4.78 is 89.2. The average Bonchev–Trinajstić information content (AvgIpc) is 3.19. The predicted octanol–water partition coefficient (Wildman–Crippen LogP) is 6.46. The molecule has 0 spiro atoms. The summed E-state index contributed by atoms with van der Waals surface area (Å²) in [5.41, 5.74) is -0.759. The fraction of sp³-hybridized carbons (Fsp3) is 0.308. The molecule has 0 fully saturated rings. The van der Waals surface area contributed by atoms with Crippen molar-refractivity contribution in [1.82, 2.24) is 9.55 Å². The molecule has 7 nitrogen and oxygen atoms in total. The summed E-state index contributed by atoms with van der Waals surface area (Å²) in [6.45, 7) is 4.19. The number of halogens is 6. The lowest BCUT2D eigenvalue weighted by Gasteiger charge is -2.16. The van der Waals surface area contributed by atoms with E-state index in [4.69, 9.17) is 4.74 Å². The van der Waals surface area contributed by atoms with Crippen molar-refractivity contribution < 1.29 is 40.9 Å². The zero-order valence-corrected chi connectivity index (χ0v) is 21.9. The minimum Gasteiger partial charge on any atom is -0.453 e. The van der Waals surface area contributed by atoms with Gasteiger partial charge in [-0.2, -0.15) is 13.2 Å². The first-order valence-electron chi connectivity index (χ1n) is 11.7. The largest absolute Gasteiger partial charge is 0.573 e. The van der Waals surface area contributed by atoms with E-state index in [0.29, 0.717) is 15.9 Å². The van der Waals surface area contributed by atoms with E-state index < -0.39 is 42.2 Å². The van der Waals surface area contributed by atoms with Gasteiger partial charge in [0.2, 0.25) is 0 Å². The highest BCUT2D eigenvalue weighted by atomic mass is 32.1. The van der Waals surface area contributed by atoms with Crippen LogP contribution in [-0.2, 0) is 6.54 Å². The maximum Gasteiger partial charge on any atom is 0.573 e. The van der Waals surface area contributed by atoms with Crippen molar-refractivity contribution in [3.63, 3.8) is 0 Å². The van der Waals surface area contributed by atoms with Crippen LogP contribution < -0.4 is 20.7 Å². The van der Waals surface area contributed by atoms with Gasteiger partial charge >= 0.3 is 18.2 Å². The number of ether oxygens (including phenoxy) is 2. The number of H-pyrrole nitrogens is 1. The molecule has 0 amide bonds. The number of nitrogens with one attached hydrogen (secondary N) is 1. The van der Waals surface area contributed by atoms with Crippen molar-refractivity contribution in [2.24, 2.45) is 0 Å². The zero-order valence-electron chi connectivity index (χ0n) is 21.1. The number of hydrogen-bond donors (Lipinski definition) is 2. The number of aliphatic hydroxyl groups excluding tert-OH is 1. The fourth-order valence-corrected chi connectivity index (χ4v) is 5.29. The minimum atomic E-state index is -5.08. The van der Waals surface area contributed by atoms with Gasteiger partial charge in [0.15, 0.2) is 17.6 Å². The Morgan fingerprint density at radius 3 is 2.23 bits per heavy atom. The summed E-state index contributed by atoms with van der Waals surface area (Å²) in [5.74, 6) is -0.489. The highest BCUT2D eigenvalue weighted by Gasteiger charge is 2.39. The summed E-state index contributed by atoms with van der Waals surface area (Å²) in [5, 5.41) is 9.37. The number of rotatable bonds is 7. The highest BCUT2D eigenvalue weighted by Crippen LogP contribution is 2.42. The molecule has 0 unspecified atom stereocenters. The molecular weight excluding hydrogens is 566 g/mol. The number of hydrogen-bond acceptors (Lipinski definition) is 6. The third kappa shape index (κ3) is 6.17. The number of nitrogens with zero attached hydrogens (tertiary/aromatic N) is 1. The number of fused-ring (bicyclic) bond motifs is 1. The van der Waals surface area contributed by atoms with Crippen LogP contribution in [0.15, 0.2) is 52.1 Å². The molecule has 2 N–H and O–H groups in total. The maximum absolute atomic E-state index is 13.3. The van der Waals surface area contributed by atoms with Crippen LogP contribution in [-0.4, -0.2) is 33.3 Å². The molecule has 4 rings (SSSR count). The molecule has 2 aromatic heterocycles. The summed E-state index contributed by atoms with van der Waals surface area (Å²) in [6, 6.07) is 10.4. The number of benzene rings is 2. The maximum atomic E-state index is 13.3. The van der Waals surface area contributed by atoms with Crippen LogP contribution in [0, 0.1) is 6.92 Å². The minimum absolute atomic E-state index is 0.121. The van der Waals surface area contributed by atoms with Crippen LogP contribution in [0.4, 0.5) is 26.3 Å². The topological polar surface area (TPSA) is 93.5 Å². The zero-order chi connectivity index (χ0) is 29.6. The lowest BCUT2D eigenvalue weighted by molar-refractivity contribution is -0.275. The van der Waals surface area contributed by atoms with E-state index in [-0.39, 0.29) is 43.6 Å². The van der Waals surface area contributed by atoms with Gasteiger partial charge in [0.05, 0.1) is 11.9 Å². The molecular formula is C26H22F6N2O5S. The summed E-state index contributed by atoms with van der Waals surface area (Å²) in [7, 11) is 0. The Bertz CT molecular complexity index is 1650. The number of aryl methyl sites for hydroxylation is 1. The summed E-state index contributed by atoms with van der Waals surface area (Å²) in [4.78, 5) is 26.8. The predicted molar refractivity (Wildman–Crippen MR) is 136 cm³/mol. The smallest absolute Gasteiger partial charge is 0.453 e. The van der Waals surface area contributed by atoms with Crippen molar-refractivity contribution in [1.29, 1.82) is 0 Å². The first kappa shape index (κ1) is 29.2. The van der Waals surface area contributed by atoms with Gasteiger partial charge < -0.3 is 14.6 Å². The van der Waals surface area contributed by atoms with Gasteiger partial charge in [-0.15, -0.1) is 24.5 Å². The number of alkyl halides is 6. The first-order chi connectivity index (χ1) is 18.5. The quantitative estimate of drug-likeness (QED) is 0.242. The van der Waals surface area contributed by atoms with Crippen LogP contribution >= 0.6 is 11.3 Å². The molecule has 2 aromatic carbocycles. The third-order valence-corrected chi connectivity index (χ3v) is 7.37. The molecule has 1 atom stereocenters. The highest BCUT2D eigenvalue weighted by molar-refractivity contribution is 7.22. The lowest BCUT2D eigenvalue weighted by atomic mass is 10.0. The summed E-state index contributed by atoms with van der Waals surface area (Å²) >= 11 is 0.712. The Balaban J connectivity index is 1.81. The molecule has 14 heteroatoms. The molecule has 0 radical (unpaired) electrons. The van der Waals surface area contributed by atoms with Crippen molar-refractivity contribution in [3.05, 3.63) is 74.4 Å². The second-order valence-corrected chi connectivity index (χ2v) is 10.2. The lowest BCUT2D eigenvalue weighted by Crippen LogP contribution is -2.38. The second-order valence-electron chi connectivity index (χ2n) is 9.20. The monoisotopic (exact) mass is 588 g/mol. The van der Waals surface area contributed by atoms with Crippen LogP contribution in [0.25, 0.3) is 20.7 Å². The Hall–Kier alpha value is -3.78. The Labute approximate surface area is 226 Å². The van der Waals surface area contributed by atoms with Crippen LogP contribution in [0.5, 0.6) is 17.2 Å². The number of aromatic nitrogens is 2. The first-order valence-corrected chi connectivity index (χ1v) is 12.6. The van der Waals surface area contributed by atoms with E-state index in [1.54, 1.807) is 24.3 Å². The number of thiophene rings is 1. The normalized spacial score (nSPS) is 13.2. The number of aliphatic hydroxyl groups is 1. The molecule has 2 heterocycles. The average molecular weight is 589 g/mol. The Kier molecular flexibility index (Phi) is 7.78. The second kappa shape index (κ2) is 10.7. The van der Waals surface area contributed by atoms with Gasteiger partial charge in [0.1, 0.15) is 10.6 Å². The molecule has 0 bridgehead atoms. The fourth-order valence-electron chi connectivity index (χ4n) is 3.98. The Morgan fingerprint density at radius 1 is 1.00 bits per heavy atom. The third-order valence-electron chi connectivity index (χ3n) is 6.01. The molecule has 0 aliphatic heterocycles. The molecule has 0 aliphatic carbocycles. The van der Waals surface area contributed by atoms with Crippen molar-refractivity contribution in [2.45, 2.75) is 51.9 Å². The van der Waals surface area contributed by atoms with Crippen LogP contribution in [0.3, 0.4) is 0 Å². The summed E-state index contributed by atoms with van der Waals surface area (Å²) in [6.07, 6.45) is -13.0. The van der Waals surface area contributed by atoms with Gasteiger partial charge in [-0.1, -0.05) is 26.0 Å². The van der Waals surface area contributed by atoms with Gasteiger partial charge in [-0.3, -0.25) is 14.3 Å². The SMILES string of the molecule is Cc1c(-c2ccc(Oc3ccc(C(C)C)cc3)c(OC(F)(F)F)c2)sc2c1c(=O)[nH]c(=O)n2C[C@@H](O)C(F)(F)F.